The summed E-state index contributed by atoms with van der Waals surface area (Å²) in [5.41, 5.74) is 2.83. The number of thiophene rings is 1. The van der Waals surface area contributed by atoms with Crippen LogP contribution in [0.1, 0.15) is 11.1 Å². The maximum Gasteiger partial charge on any atom is 0.152 e. The highest BCUT2D eigenvalue weighted by atomic mass is 79.9. The Bertz CT molecular complexity index is 378. The average molecular weight is 269 g/mol. The lowest BCUT2D eigenvalue weighted by Gasteiger charge is -1.91. The molecule has 1 aromatic carbocycles. The molecule has 0 aliphatic heterocycles. The third-order valence-electron chi connectivity index (χ3n) is 2.02. The van der Waals surface area contributed by atoms with Crippen LogP contribution < -0.4 is 17.0 Å². The van der Waals surface area contributed by atoms with Crippen LogP contribution in [0, 0.1) is 6.92 Å². The molecule has 2 rings (SSSR count). The SMILES string of the molecule is Cc1cc[s+](Cc2ccccc2)c1.[Br-]. The molecule has 0 saturated carbocycles. The molecule has 0 radical (unpaired) electrons. The summed E-state index contributed by atoms with van der Waals surface area (Å²) in [6.45, 7) is 2.16. The first-order chi connectivity index (χ1) is 6.34. The topological polar surface area (TPSA) is 0 Å². The molecule has 0 aliphatic rings. The van der Waals surface area contributed by atoms with E-state index in [-0.39, 0.29) is 17.0 Å². The Hall–Kier alpha value is -0.600. The minimum absolute atomic E-state index is 0. The van der Waals surface area contributed by atoms with Crippen molar-refractivity contribution in [3.05, 3.63) is 58.3 Å². The molecular formula is C12H13BrS. The minimum Gasteiger partial charge on any atom is -1.00 e. The summed E-state index contributed by atoms with van der Waals surface area (Å²) >= 11 is 0. The van der Waals surface area contributed by atoms with E-state index in [1.165, 1.54) is 11.1 Å². The van der Waals surface area contributed by atoms with Gasteiger partial charge in [0.2, 0.25) is 0 Å². The van der Waals surface area contributed by atoms with E-state index in [1.807, 2.05) is 0 Å². The summed E-state index contributed by atoms with van der Waals surface area (Å²) in [5.74, 6) is 1.16. The maximum atomic E-state index is 2.35. The Morgan fingerprint density at radius 1 is 1.07 bits per heavy atom. The van der Waals surface area contributed by atoms with Crippen LogP contribution in [0.4, 0.5) is 0 Å². The van der Waals surface area contributed by atoms with Gasteiger partial charge in [-0.05, 0) is 23.5 Å². The number of benzene rings is 1. The van der Waals surface area contributed by atoms with Gasteiger partial charge in [-0.1, -0.05) is 30.3 Å². The van der Waals surface area contributed by atoms with Gasteiger partial charge in [0.05, 0.1) is 0 Å². The van der Waals surface area contributed by atoms with E-state index in [9.17, 15) is 0 Å². The van der Waals surface area contributed by atoms with Gasteiger partial charge in [-0.2, -0.15) is 0 Å². The van der Waals surface area contributed by atoms with Gasteiger partial charge in [-0.15, -0.1) is 0 Å². The van der Waals surface area contributed by atoms with Gasteiger partial charge >= 0.3 is 0 Å². The highest BCUT2D eigenvalue weighted by Gasteiger charge is 2.04. The summed E-state index contributed by atoms with van der Waals surface area (Å²) in [5, 5.41) is 4.66. The van der Waals surface area contributed by atoms with Crippen LogP contribution in [0.5, 0.6) is 0 Å². The molecule has 1 aromatic heterocycles. The Morgan fingerprint density at radius 3 is 2.36 bits per heavy atom. The van der Waals surface area contributed by atoms with E-state index >= 15 is 0 Å². The second-order valence-corrected chi connectivity index (χ2v) is 5.00. The lowest BCUT2D eigenvalue weighted by Crippen LogP contribution is -3.00. The first-order valence-corrected chi connectivity index (χ1v) is 5.96. The normalized spacial score (nSPS) is 10.8. The number of rotatable bonds is 2. The van der Waals surface area contributed by atoms with Crippen molar-refractivity contribution in [3.8, 4) is 0 Å². The van der Waals surface area contributed by atoms with Crippen molar-refractivity contribution in [2.24, 2.45) is 0 Å². The van der Waals surface area contributed by atoms with Crippen LogP contribution in [0.2, 0.25) is 0 Å². The van der Waals surface area contributed by atoms with Gasteiger partial charge in [0.15, 0.2) is 5.75 Å². The second kappa shape index (κ2) is 5.32. The van der Waals surface area contributed by atoms with Crippen LogP contribution >= 0.6 is 10.5 Å². The van der Waals surface area contributed by atoms with Crippen LogP contribution in [0.15, 0.2) is 47.2 Å². The van der Waals surface area contributed by atoms with Crippen molar-refractivity contribution < 1.29 is 17.0 Å². The predicted octanol–water partition coefficient (Wildman–Crippen LogP) is 0.796. The standard InChI is InChI=1S/C12H13S.BrH/c1-11-7-8-13(9-11)10-12-5-3-2-4-6-12;/h2-9H,10H2,1H3;1H/q+1;/p-1. The fourth-order valence-corrected chi connectivity index (χ4v) is 3.15. The van der Waals surface area contributed by atoms with E-state index in [4.69, 9.17) is 0 Å². The van der Waals surface area contributed by atoms with E-state index in [0.717, 1.165) is 5.75 Å². The monoisotopic (exact) mass is 268 g/mol. The van der Waals surface area contributed by atoms with E-state index in [2.05, 4.69) is 54.1 Å². The molecule has 14 heavy (non-hydrogen) atoms. The molecule has 1 heterocycles. The van der Waals surface area contributed by atoms with Gasteiger partial charge in [0.1, 0.15) is 10.8 Å². The predicted molar refractivity (Wildman–Crippen MR) is 59.2 cm³/mol. The second-order valence-electron chi connectivity index (χ2n) is 3.26. The molecule has 0 saturated heterocycles. The van der Waals surface area contributed by atoms with Gasteiger partial charge in [-0.3, -0.25) is 0 Å². The van der Waals surface area contributed by atoms with Crippen molar-refractivity contribution in [1.82, 2.24) is 0 Å². The molecule has 1 atom stereocenters. The number of hydrogen-bond acceptors (Lipinski definition) is 0. The lowest BCUT2D eigenvalue weighted by atomic mass is 10.2. The molecule has 1 unspecified atom stereocenters. The molecule has 0 aliphatic carbocycles. The molecule has 0 fully saturated rings. The van der Waals surface area contributed by atoms with Crippen molar-refractivity contribution >= 4 is 10.5 Å². The van der Waals surface area contributed by atoms with Crippen LogP contribution in [0.3, 0.4) is 0 Å². The zero-order valence-electron chi connectivity index (χ0n) is 8.11. The first kappa shape index (κ1) is 11.5. The smallest absolute Gasteiger partial charge is 0.152 e. The molecule has 0 amide bonds. The largest absolute Gasteiger partial charge is 1.00 e. The summed E-state index contributed by atoms with van der Waals surface area (Å²) in [6, 6.07) is 12.9. The third kappa shape index (κ3) is 2.96. The van der Waals surface area contributed by atoms with Crippen LogP contribution in [-0.2, 0) is 5.75 Å². The number of aryl methyl sites for hydroxylation is 1. The van der Waals surface area contributed by atoms with Crippen molar-refractivity contribution in [2.45, 2.75) is 12.7 Å². The Labute approximate surface area is 98.3 Å². The number of halogens is 1. The summed E-state index contributed by atoms with van der Waals surface area (Å²) in [6.07, 6.45) is 0. The molecule has 2 aromatic rings. The van der Waals surface area contributed by atoms with E-state index in [0.29, 0.717) is 10.5 Å². The lowest BCUT2D eigenvalue weighted by molar-refractivity contribution is -0.00000269. The van der Waals surface area contributed by atoms with Crippen molar-refractivity contribution in [1.29, 1.82) is 0 Å². The maximum absolute atomic E-state index is 2.35. The molecule has 0 nitrogen and oxygen atoms in total. The van der Waals surface area contributed by atoms with Crippen LogP contribution in [-0.4, -0.2) is 0 Å². The highest BCUT2D eigenvalue weighted by Crippen LogP contribution is 2.24. The van der Waals surface area contributed by atoms with Crippen LogP contribution in [0.25, 0.3) is 0 Å². The Kier molecular flexibility index (Phi) is 4.36. The van der Waals surface area contributed by atoms with Gasteiger partial charge < -0.3 is 17.0 Å². The molecular weight excluding hydrogens is 256 g/mol. The van der Waals surface area contributed by atoms with Crippen molar-refractivity contribution in [3.63, 3.8) is 0 Å². The molecule has 0 spiro atoms. The van der Waals surface area contributed by atoms with E-state index < -0.39 is 0 Å². The molecule has 74 valence electrons. The first-order valence-electron chi connectivity index (χ1n) is 4.44. The van der Waals surface area contributed by atoms with Gasteiger partial charge in [-0.25, -0.2) is 0 Å². The average Bonchev–Trinajstić information content (AvgIpc) is 2.53. The summed E-state index contributed by atoms with van der Waals surface area (Å²) in [7, 11) is 0.349. The fourth-order valence-electron chi connectivity index (χ4n) is 1.37. The molecule has 0 N–H and O–H groups in total. The third-order valence-corrected chi connectivity index (χ3v) is 3.85. The molecule has 2 heteroatoms. The fraction of sp³-hybridized carbons (Fsp3) is 0.167. The number of hydrogen-bond donors (Lipinski definition) is 0. The van der Waals surface area contributed by atoms with Gasteiger partial charge in [0.25, 0.3) is 0 Å². The van der Waals surface area contributed by atoms with E-state index in [1.54, 1.807) is 0 Å². The molecule has 0 bridgehead atoms. The Morgan fingerprint density at radius 2 is 1.79 bits per heavy atom. The summed E-state index contributed by atoms with van der Waals surface area (Å²) < 4.78 is 0. The minimum atomic E-state index is 0. The van der Waals surface area contributed by atoms with Gasteiger partial charge in [0, 0.05) is 11.1 Å². The summed E-state index contributed by atoms with van der Waals surface area (Å²) in [4.78, 5) is 0. The zero-order valence-corrected chi connectivity index (χ0v) is 10.5. The Balaban J connectivity index is 0.000000980. The van der Waals surface area contributed by atoms with Crippen molar-refractivity contribution in [2.75, 3.05) is 0 Å². The zero-order chi connectivity index (χ0) is 9.10. The quantitative estimate of drug-likeness (QED) is 0.707. The highest BCUT2D eigenvalue weighted by molar-refractivity contribution is 7.28.